The van der Waals surface area contributed by atoms with Gasteiger partial charge >= 0.3 is 0 Å². The number of rotatable bonds is 5. The number of hydrogen-bond acceptors (Lipinski definition) is 6. The Morgan fingerprint density at radius 3 is 2.47 bits per heavy atom. The number of amides is 2. The van der Waals surface area contributed by atoms with E-state index in [-0.39, 0.29) is 30.3 Å². The Bertz CT molecular complexity index is 1110. The van der Waals surface area contributed by atoms with Gasteiger partial charge in [-0.25, -0.2) is 0 Å². The average Bonchev–Trinajstić information content (AvgIpc) is 3.33. The van der Waals surface area contributed by atoms with Crippen LogP contribution in [0.4, 0.5) is 11.4 Å². The van der Waals surface area contributed by atoms with Crippen LogP contribution in [0.3, 0.4) is 0 Å². The van der Waals surface area contributed by atoms with Crippen LogP contribution in [0.15, 0.2) is 65.3 Å². The first kappa shape index (κ1) is 21.8. The summed E-state index contributed by atoms with van der Waals surface area (Å²) in [5.41, 5.74) is 15.3. The molecule has 166 valence electrons. The van der Waals surface area contributed by atoms with Crippen LogP contribution in [0, 0.1) is 0 Å². The molecule has 32 heavy (non-hydrogen) atoms. The smallest absolute Gasteiger partial charge is 0.294 e. The van der Waals surface area contributed by atoms with Crippen LogP contribution in [-0.2, 0) is 9.53 Å². The van der Waals surface area contributed by atoms with Gasteiger partial charge in [-0.05, 0) is 47.9 Å². The summed E-state index contributed by atoms with van der Waals surface area (Å²) in [7, 11) is 0. The van der Waals surface area contributed by atoms with E-state index in [0.29, 0.717) is 17.9 Å². The predicted molar refractivity (Wildman–Crippen MR) is 122 cm³/mol. The molecule has 0 aliphatic carbocycles. The molecule has 2 aromatic carbocycles. The van der Waals surface area contributed by atoms with Gasteiger partial charge in [0.05, 0.1) is 30.4 Å². The number of nitrogens with two attached hydrogens (primary N) is 2. The number of anilines is 2. The maximum absolute atomic E-state index is 13.2. The molecule has 1 aliphatic rings. The molecule has 0 bridgehead atoms. The minimum atomic E-state index is -0.593. The number of fused-ring (bicyclic) bond motifs is 1. The summed E-state index contributed by atoms with van der Waals surface area (Å²) in [6.07, 6.45) is 0.880. The molecule has 2 heterocycles. The van der Waals surface area contributed by atoms with E-state index in [4.69, 9.17) is 20.6 Å². The molecule has 1 aromatic heterocycles. The van der Waals surface area contributed by atoms with Crippen molar-refractivity contribution in [2.75, 3.05) is 23.1 Å². The lowest BCUT2D eigenvalue weighted by Gasteiger charge is -2.40. The number of furan rings is 1. The van der Waals surface area contributed by atoms with Crippen LogP contribution in [0.2, 0.25) is 0 Å². The highest BCUT2D eigenvalue weighted by molar-refractivity contribution is 6.10. The van der Waals surface area contributed by atoms with Gasteiger partial charge in [-0.15, -0.1) is 0 Å². The molecule has 2 atom stereocenters. The summed E-state index contributed by atoms with van der Waals surface area (Å²) in [6, 6.07) is 16.5. The van der Waals surface area contributed by atoms with Crippen molar-refractivity contribution in [3.8, 4) is 11.1 Å². The van der Waals surface area contributed by atoms with Gasteiger partial charge in [0.25, 0.3) is 5.91 Å². The molecule has 2 amide bonds. The van der Waals surface area contributed by atoms with Crippen molar-refractivity contribution in [3.05, 3.63) is 72.2 Å². The second kappa shape index (κ2) is 8.96. The standard InChI is InChI=1S/C24H26N4O4/c1-15-13-27(24(30)22-4-3-11-31-22)21-12-19(9-10-20(21)28(15)16(2)29)17-5-7-18(8-6-17)23(26)32-14-25/h3-12,15,23H,13-14,25-26H2,1-2H3/t15-,23?/m0/s1. The van der Waals surface area contributed by atoms with Crippen LogP contribution >= 0.6 is 0 Å². The first-order chi connectivity index (χ1) is 15.4. The Morgan fingerprint density at radius 1 is 1.12 bits per heavy atom. The second-order valence-corrected chi connectivity index (χ2v) is 7.71. The first-order valence-corrected chi connectivity index (χ1v) is 10.4. The van der Waals surface area contributed by atoms with Crippen molar-refractivity contribution in [1.82, 2.24) is 0 Å². The van der Waals surface area contributed by atoms with Gasteiger partial charge in [0, 0.05) is 13.5 Å². The Hall–Kier alpha value is -3.46. The third kappa shape index (κ3) is 4.03. The summed E-state index contributed by atoms with van der Waals surface area (Å²) in [4.78, 5) is 28.9. The number of ether oxygens (including phenoxy) is 1. The van der Waals surface area contributed by atoms with Gasteiger partial charge in [-0.1, -0.05) is 30.3 Å². The normalized spacial score (nSPS) is 16.6. The van der Waals surface area contributed by atoms with E-state index in [0.717, 1.165) is 16.7 Å². The van der Waals surface area contributed by atoms with Crippen LogP contribution in [0.5, 0.6) is 0 Å². The zero-order valence-corrected chi connectivity index (χ0v) is 18.0. The summed E-state index contributed by atoms with van der Waals surface area (Å²) >= 11 is 0. The third-order valence-electron chi connectivity index (χ3n) is 5.58. The van der Waals surface area contributed by atoms with Crippen molar-refractivity contribution >= 4 is 23.2 Å². The lowest BCUT2D eigenvalue weighted by Crippen LogP contribution is -2.51. The van der Waals surface area contributed by atoms with E-state index >= 15 is 0 Å². The fourth-order valence-electron chi connectivity index (χ4n) is 4.08. The minimum Gasteiger partial charge on any atom is -0.459 e. The van der Waals surface area contributed by atoms with E-state index < -0.39 is 6.23 Å². The highest BCUT2D eigenvalue weighted by Gasteiger charge is 2.35. The Kier molecular flexibility index (Phi) is 6.09. The molecule has 0 spiro atoms. The lowest BCUT2D eigenvalue weighted by molar-refractivity contribution is -0.117. The van der Waals surface area contributed by atoms with Crippen molar-refractivity contribution in [2.45, 2.75) is 26.1 Å². The molecule has 3 aromatic rings. The SMILES string of the molecule is CC(=O)N1c2ccc(-c3ccc(C(N)OCN)cc3)cc2N(C(=O)c2ccco2)C[C@@H]1C. The van der Waals surface area contributed by atoms with E-state index in [1.54, 1.807) is 21.9 Å². The zero-order valence-electron chi connectivity index (χ0n) is 18.0. The van der Waals surface area contributed by atoms with E-state index in [1.807, 2.05) is 49.4 Å². The molecule has 0 saturated heterocycles. The van der Waals surface area contributed by atoms with Crippen molar-refractivity contribution in [2.24, 2.45) is 11.5 Å². The maximum atomic E-state index is 13.2. The fourth-order valence-corrected chi connectivity index (χ4v) is 4.08. The lowest BCUT2D eigenvalue weighted by atomic mass is 9.99. The predicted octanol–water partition coefficient (Wildman–Crippen LogP) is 3.24. The first-order valence-electron chi connectivity index (χ1n) is 10.4. The number of benzene rings is 2. The van der Waals surface area contributed by atoms with E-state index in [1.165, 1.54) is 13.2 Å². The quantitative estimate of drug-likeness (QED) is 0.596. The largest absolute Gasteiger partial charge is 0.459 e. The third-order valence-corrected chi connectivity index (χ3v) is 5.58. The average molecular weight is 434 g/mol. The van der Waals surface area contributed by atoms with Crippen LogP contribution in [-0.4, -0.2) is 31.1 Å². The second-order valence-electron chi connectivity index (χ2n) is 7.71. The summed E-state index contributed by atoms with van der Waals surface area (Å²) < 4.78 is 10.6. The highest BCUT2D eigenvalue weighted by atomic mass is 16.5. The molecule has 8 heteroatoms. The van der Waals surface area contributed by atoms with Crippen molar-refractivity contribution < 1.29 is 18.7 Å². The molecule has 0 saturated carbocycles. The monoisotopic (exact) mass is 434 g/mol. The van der Waals surface area contributed by atoms with Gasteiger partial charge in [0.1, 0.15) is 6.23 Å². The topological polar surface area (TPSA) is 115 Å². The molecule has 4 N–H and O–H groups in total. The number of nitrogens with zero attached hydrogens (tertiary/aromatic N) is 2. The van der Waals surface area contributed by atoms with Gasteiger partial charge in [0.15, 0.2) is 5.76 Å². The van der Waals surface area contributed by atoms with Gasteiger partial charge in [-0.3, -0.25) is 9.59 Å². The molecular formula is C24H26N4O4. The van der Waals surface area contributed by atoms with Gasteiger partial charge < -0.3 is 30.4 Å². The number of hydrogen-bond donors (Lipinski definition) is 2. The molecule has 4 rings (SSSR count). The number of carbonyl (C=O) groups excluding carboxylic acids is 2. The molecule has 0 fully saturated rings. The minimum absolute atomic E-state index is 0.0400. The zero-order chi connectivity index (χ0) is 22.8. The Balaban J connectivity index is 1.75. The van der Waals surface area contributed by atoms with Crippen molar-refractivity contribution in [1.29, 1.82) is 0 Å². The number of carbonyl (C=O) groups is 2. The van der Waals surface area contributed by atoms with Crippen molar-refractivity contribution in [3.63, 3.8) is 0 Å². The fraction of sp³-hybridized carbons (Fsp3) is 0.250. The van der Waals surface area contributed by atoms with Crippen LogP contribution < -0.4 is 21.3 Å². The van der Waals surface area contributed by atoms with Gasteiger partial charge in [0.2, 0.25) is 5.91 Å². The van der Waals surface area contributed by atoms with Crippen LogP contribution in [0.25, 0.3) is 11.1 Å². The Labute approximate surface area is 186 Å². The molecule has 8 nitrogen and oxygen atoms in total. The van der Waals surface area contributed by atoms with Crippen LogP contribution in [0.1, 0.15) is 36.2 Å². The van der Waals surface area contributed by atoms with E-state index in [9.17, 15) is 9.59 Å². The molecular weight excluding hydrogens is 408 g/mol. The summed E-state index contributed by atoms with van der Waals surface area (Å²) in [5, 5.41) is 0. The van der Waals surface area contributed by atoms with E-state index in [2.05, 4.69) is 0 Å². The summed E-state index contributed by atoms with van der Waals surface area (Å²) in [6.45, 7) is 3.85. The highest BCUT2D eigenvalue weighted by Crippen LogP contribution is 2.39. The summed E-state index contributed by atoms with van der Waals surface area (Å²) in [5.74, 6) is -0.0679. The molecule has 1 aliphatic heterocycles. The van der Waals surface area contributed by atoms with Gasteiger partial charge in [-0.2, -0.15) is 0 Å². The molecule has 0 radical (unpaired) electrons. The maximum Gasteiger partial charge on any atom is 0.294 e. The Morgan fingerprint density at radius 2 is 1.84 bits per heavy atom. The molecule has 1 unspecified atom stereocenters.